The Labute approximate surface area is 122 Å². The Morgan fingerprint density at radius 2 is 2.05 bits per heavy atom. The number of hydrogen-bond acceptors (Lipinski definition) is 2. The highest BCUT2D eigenvalue weighted by Crippen LogP contribution is 2.22. The van der Waals surface area contributed by atoms with Crippen LogP contribution in [0.3, 0.4) is 0 Å². The van der Waals surface area contributed by atoms with Gasteiger partial charge in [-0.25, -0.2) is 0 Å². The van der Waals surface area contributed by atoms with Crippen LogP contribution in [0.1, 0.15) is 44.6 Å². The van der Waals surface area contributed by atoms with Gasteiger partial charge in [-0.3, -0.25) is 0 Å². The maximum absolute atomic E-state index is 6.08. The summed E-state index contributed by atoms with van der Waals surface area (Å²) in [6.45, 7) is 8.04. The molecule has 0 radical (unpaired) electrons. The van der Waals surface area contributed by atoms with Gasteiger partial charge >= 0.3 is 0 Å². The van der Waals surface area contributed by atoms with Crippen molar-refractivity contribution in [3.05, 3.63) is 34.9 Å². The summed E-state index contributed by atoms with van der Waals surface area (Å²) < 4.78 is 5.61. The van der Waals surface area contributed by atoms with E-state index in [1.54, 1.807) is 0 Å². The zero-order valence-electron chi connectivity index (χ0n) is 12.1. The molecule has 19 heavy (non-hydrogen) atoms. The molecule has 1 atom stereocenters. The highest BCUT2D eigenvalue weighted by Gasteiger charge is 2.11. The average molecular weight is 284 g/mol. The van der Waals surface area contributed by atoms with Gasteiger partial charge in [0.25, 0.3) is 0 Å². The molecule has 1 rings (SSSR count). The third kappa shape index (κ3) is 6.95. The van der Waals surface area contributed by atoms with E-state index in [4.69, 9.17) is 16.3 Å². The van der Waals surface area contributed by atoms with Gasteiger partial charge < -0.3 is 10.1 Å². The van der Waals surface area contributed by atoms with Gasteiger partial charge in [-0.1, -0.05) is 37.6 Å². The maximum atomic E-state index is 6.08. The first-order valence-corrected chi connectivity index (χ1v) is 7.69. The van der Waals surface area contributed by atoms with Crippen LogP contribution in [0.4, 0.5) is 0 Å². The number of rotatable bonds is 10. The predicted octanol–water partition coefficient (Wildman–Crippen LogP) is 4.24. The number of halogens is 1. The van der Waals surface area contributed by atoms with E-state index in [1.807, 2.05) is 12.1 Å². The normalized spacial score (nSPS) is 12.6. The Balaban J connectivity index is 2.52. The Hall–Kier alpha value is -0.570. The minimum absolute atomic E-state index is 0.474. The Bertz CT molecular complexity index is 343. The van der Waals surface area contributed by atoms with Crippen LogP contribution in [0.15, 0.2) is 24.3 Å². The van der Waals surface area contributed by atoms with Gasteiger partial charge in [-0.05, 0) is 49.4 Å². The predicted molar refractivity (Wildman–Crippen MR) is 83.1 cm³/mol. The van der Waals surface area contributed by atoms with E-state index in [9.17, 15) is 0 Å². The second-order valence-corrected chi connectivity index (χ2v) is 5.29. The summed E-state index contributed by atoms with van der Waals surface area (Å²) in [5.41, 5.74) is 1.30. The molecule has 0 saturated heterocycles. The molecule has 1 aromatic rings. The minimum atomic E-state index is 0.474. The van der Waals surface area contributed by atoms with Crippen molar-refractivity contribution >= 4 is 11.6 Å². The molecule has 0 bridgehead atoms. The largest absolute Gasteiger partial charge is 0.381 e. The molecule has 0 aliphatic carbocycles. The molecule has 0 spiro atoms. The fourth-order valence-corrected chi connectivity index (χ4v) is 2.27. The minimum Gasteiger partial charge on any atom is -0.381 e. The summed E-state index contributed by atoms with van der Waals surface area (Å²) in [7, 11) is 0. The molecule has 1 N–H and O–H groups in total. The van der Waals surface area contributed by atoms with E-state index >= 15 is 0 Å². The Kier molecular flexibility index (Phi) is 8.89. The summed E-state index contributed by atoms with van der Waals surface area (Å²) in [6, 6.07) is 8.18. The first kappa shape index (κ1) is 16.5. The van der Waals surface area contributed by atoms with E-state index in [-0.39, 0.29) is 0 Å². The van der Waals surface area contributed by atoms with Gasteiger partial charge in [-0.15, -0.1) is 0 Å². The lowest BCUT2D eigenvalue weighted by Gasteiger charge is -2.18. The highest BCUT2D eigenvalue weighted by molar-refractivity contribution is 6.30. The number of benzene rings is 1. The number of nitrogens with one attached hydrogen (secondary N) is 1. The van der Waals surface area contributed by atoms with Gasteiger partial charge in [0.15, 0.2) is 0 Å². The molecule has 3 heteroatoms. The average Bonchev–Trinajstić information content (AvgIpc) is 2.41. The van der Waals surface area contributed by atoms with Crippen molar-refractivity contribution in [2.75, 3.05) is 26.3 Å². The molecular formula is C16H26ClNO. The van der Waals surface area contributed by atoms with Crippen LogP contribution in [0, 0.1) is 0 Å². The summed E-state index contributed by atoms with van der Waals surface area (Å²) >= 11 is 6.08. The van der Waals surface area contributed by atoms with Crippen molar-refractivity contribution in [1.29, 1.82) is 0 Å². The smallest absolute Gasteiger partial charge is 0.0472 e. The van der Waals surface area contributed by atoms with Crippen molar-refractivity contribution in [2.24, 2.45) is 0 Å². The van der Waals surface area contributed by atoms with Crippen LogP contribution >= 0.6 is 11.6 Å². The highest BCUT2D eigenvalue weighted by atomic mass is 35.5. The number of hydrogen-bond donors (Lipinski definition) is 1. The molecule has 108 valence electrons. The molecule has 2 nitrogen and oxygen atoms in total. The maximum Gasteiger partial charge on any atom is 0.0472 e. The second-order valence-electron chi connectivity index (χ2n) is 4.86. The molecule has 0 aliphatic rings. The third-order valence-electron chi connectivity index (χ3n) is 3.10. The van der Waals surface area contributed by atoms with E-state index in [0.717, 1.165) is 50.6 Å². The summed E-state index contributed by atoms with van der Waals surface area (Å²) in [4.78, 5) is 0. The van der Waals surface area contributed by atoms with Crippen LogP contribution in [-0.4, -0.2) is 26.3 Å². The SMILES string of the molecule is CCCNCC(CCOCCC)c1cccc(Cl)c1. The van der Waals surface area contributed by atoms with Crippen molar-refractivity contribution < 1.29 is 4.74 Å². The van der Waals surface area contributed by atoms with Gasteiger partial charge in [0.1, 0.15) is 0 Å². The Morgan fingerprint density at radius 1 is 1.21 bits per heavy atom. The Morgan fingerprint density at radius 3 is 2.74 bits per heavy atom. The third-order valence-corrected chi connectivity index (χ3v) is 3.33. The van der Waals surface area contributed by atoms with Crippen LogP contribution in [-0.2, 0) is 4.74 Å². The second kappa shape index (κ2) is 10.2. The molecule has 1 aromatic carbocycles. The lowest BCUT2D eigenvalue weighted by atomic mass is 9.96. The molecule has 0 aliphatic heterocycles. The molecule has 1 unspecified atom stereocenters. The zero-order chi connectivity index (χ0) is 13.9. The zero-order valence-corrected chi connectivity index (χ0v) is 12.9. The molecule has 0 aromatic heterocycles. The molecule has 0 saturated carbocycles. The van der Waals surface area contributed by atoms with Gasteiger partial charge in [0.05, 0.1) is 0 Å². The standard InChI is InChI=1S/C16H26ClNO/c1-3-9-18-13-15(8-11-19-10-4-2)14-6-5-7-16(17)12-14/h5-7,12,15,18H,3-4,8-11,13H2,1-2H3. The molecule has 0 heterocycles. The summed E-state index contributed by atoms with van der Waals surface area (Å²) in [5, 5.41) is 4.31. The van der Waals surface area contributed by atoms with Gasteiger partial charge in [0.2, 0.25) is 0 Å². The van der Waals surface area contributed by atoms with Crippen molar-refractivity contribution in [1.82, 2.24) is 5.32 Å². The number of ether oxygens (including phenoxy) is 1. The van der Waals surface area contributed by atoms with Crippen molar-refractivity contribution in [2.45, 2.75) is 39.0 Å². The van der Waals surface area contributed by atoms with Crippen LogP contribution in [0.5, 0.6) is 0 Å². The van der Waals surface area contributed by atoms with Crippen molar-refractivity contribution in [3.63, 3.8) is 0 Å². The molecular weight excluding hydrogens is 258 g/mol. The first-order valence-electron chi connectivity index (χ1n) is 7.31. The van der Waals surface area contributed by atoms with E-state index < -0.39 is 0 Å². The van der Waals surface area contributed by atoms with Crippen LogP contribution in [0.2, 0.25) is 5.02 Å². The molecule has 0 amide bonds. The van der Waals surface area contributed by atoms with Crippen LogP contribution in [0.25, 0.3) is 0 Å². The van der Waals surface area contributed by atoms with Gasteiger partial charge in [-0.2, -0.15) is 0 Å². The van der Waals surface area contributed by atoms with E-state index in [2.05, 4.69) is 31.3 Å². The quantitative estimate of drug-likeness (QED) is 0.649. The fourth-order valence-electron chi connectivity index (χ4n) is 2.07. The topological polar surface area (TPSA) is 21.3 Å². The molecule has 0 fully saturated rings. The van der Waals surface area contributed by atoms with Crippen LogP contribution < -0.4 is 5.32 Å². The van der Waals surface area contributed by atoms with E-state index in [1.165, 1.54) is 5.56 Å². The lowest BCUT2D eigenvalue weighted by molar-refractivity contribution is 0.127. The monoisotopic (exact) mass is 283 g/mol. The first-order chi connectivity index (χ1) is 9.27. The summed E-state index contributed by atoms with van der Waals surface area (Å²) in [5.74, 6) is 0.474. The fraction of sp³-hybridized carbons (Fsp3) is 0.625. The van der Waals surface area contributed by atoms with E-state index in [0.29, 0.717) is 5.92 Å². The van der Waals surface area contributed by atoms with Gasteiger partial charge in [0, 0.05) is 24.8 Å². The summed E-state index contributed by atoms with van der Waals surface area (Å²) in [6.07, 6.45) is 3.28. The van der Waals surface area contributed by atoms with Crippen molar-refractivity contribution in [3.8, 4) is 0 Å². The lowest BCUT2D eigenvalue weighted by Crippen LogP contribution is -2.23.